The fraction of sp³-hybridized carbons (Fsp3) is 0.143. The van der Waals surface area contributed by atoms with Gasteiger partial charge in [-0.3, -0.25) is 0 Å². The Morgan fingerprint density at radius 2 is 1.40 bits per heavy atom. The lowest BCUT2D eigenvalue weighted by atomic mass is 10.2. The van der Waals surface area contributed by atoms with Crippen LogP contribution in [-0.2, 0) is 0 Å². The van der Waals surface area contributed by atoms with E-state index in [1.165, 1.54) is 16.2 Å². The van der Waals surface area contributed by atoms with Gasteiger partial charge >= 0.3 is 0 Å². The van der Waals surface area contributed by atoms with E-state index in [4.69, 9.17) is 0 Å². The summed E-state index contributed by atoms with van der Waals surface area (Å²) < 4.78 is 0. The quantitative estimate of drug-likeness (QED) is 0.676. The minimum absolute atomic E-state index is 0.575. The van der Waals surface area contributed by atoms with Crippen molar-refractivity contribution in [3.05, 3.63) is 60.2 Å². The lowest BCUT2D eigenvalue weighted by molar-refractivity contribution is 1.52. The summed E-state index contributed by atoms with van der Waals surface area (Å²) in [6, 6.07) is 19.5. The van der Waals surface area contributed by atoms with Gasteiger partial charge in [0, 0.05) is 0 Å². The number of aryl methyl sites for hydroxylation is 1. The highest BCUT2D eigenvalue weighted by molar-refractivity contribution is 7.72. The van der Waals surface area contributed by atoms with Gasteiger partial charge in [-0.25, -0.2) is 0 Å². The summed E-state index contributed by atoms with van der Waals surface area (Å²) >= 11 is 0. The monoisotopic (exact) mass is 215 g/mol. The van der Waals surface area contributed by atoms with Gasteiger partial charge in [0.1, 0.15) is 0 Å². The zero-order valence-electron chi connectivity index (χ0n) is 9.20. The zero-order valence-corrected chi connectivity index (χ0v) is 10.2. The molecule has 1 atom stereocenters. The first kappa shape index (κ1) is 10.4. The lowest BCUT2D eigenvalue weighted by Gasteiger charge is -2.07. The van der Waals surface area contributed by atoms with Crippen LogP contribution in [-0.4, -0.2) is 6.66 Å². The topological polar surface area (TPSA) is 0 Å². The molecule has 2 aromatic carbocycles. The van der Waals surface area contributed by atoms with Crippen LogP contribution in [0.2, 0.25) is 0 Å². The molecule has 0 aromatic heterocycles. The maximum absolute atomic E-state index is 2.36. The Balaban J connectivity index is 2.37. The van der Waals surface area contributed by atoms with Gasteiger partial charge in [0.05, 0.1) is 25.2 Å². The Morgan fingerprint density at radius 3 is 2.07 bits per heavy atom. The summed E-state index contributed by atoms with van der Waals surface area (Å²) in [6.07, 6.45) is 0. The Morgan fingerprint density at radius 1 is 0.800 bits per heavy atom. The maximum Gasteiger partial charge on any atom is 0.0992 e. The third-order valence-electron chi connectivity index (χ3n) is 2.76. The van der Waals surface area contributed by atoms with E-state index in [-0.39, 0.29) is 0 Å². The van der Waals surface area contributed by atoms with Crippen LogP contribution in [0.4, 0.5) is 0 Å². The first-order chi connectivity index (χ1) is 7.29. The molecule has 0 saturated heterocycles. The number of benzene rings is 2. The number of hydrogen-bond acceptors (Lipinski definition) is 0. The van der Waals surface area contributed by atoms with E-state index >= 15 is 0 Å². The van der Waals surface area contributed by atoms with Crippen LogP contribution in [0.1, 0.15) is 5.56 Å². The molecule has 1 unspecified atom stereocenters. The third-order valence-corrected chi connectivity index (χ3v) is 5.32. The van der Waals surface area contributed by atoms with E-state index in [0.29, 0.717) is 0 Å². The van der Waals surface area contributed by atoms with Crippen molar-refractivity contribution in [2.45, 2.75) is 6.92 Å². The van der Waals surface area contributed by atoms with Crippen molar-refractivity contribution in [3.63, 3.8) is 0 Å². The smallest absolute Gasteiger partial charge is 0.0620 e. The molecule has 76 valence electrons. The largest absolute Gasteiger partial charge is 0.0992 e. The summed E-state index contributed by atoms with van der Waals surface area (Å²) in [6.45, 7) is 4.56. The zero-order chi connectivity index (χ0) is 10.7. The highest BCUT2D eigenvalue weighted by atomic mass is 31.1. The summed E-state index contributed by atoms with van der Waals surface area (Å²) in [5.74, 6) is 0. The molecule has 0 fully saturated rings. The number of rotatable bonds is 2. The predicted molar refractivity (Wildman–Crippen MR) is 71.1 cm³/mol. The van der Waals surface area contributed by atoms with Gasteiger partial charge in [-0.2, -0.15) is 0 Å². The molecule has 0 aliphatic heterocycles. The normalized spacial score (nSPS) is 12.4. The van der Waals surface area contributed by atoms with Crippen molar-refractivity contribution in [2.75, 3.05) is 6.66 Å². The standard InChI is InChI=1S/C14H15P/c1-12-8-6-7-11-14(12)15(2)13-9-4-3-5-10-13/h3-11H,1-2H3/p+1. The van der Waals surface area contributed by atoms with Gasteiger partial charge in [0.2, 0.25) is 0 Å². The minimum Gasteiger partial charge on any atom is -0.0620 e. The molecule has 0 N–H and O–H groups in total. The van der Waals surface area contributed by atoms with Gasteiger partial charge in [-0.15, -0.1) is 0 Å². The average molecular weight is 215 g/mol. The van der Waals surface area contributed by atoms with Crippen LogP contribution in [0.25, 0.3) is 0 Å². The lowest BCUT2D eigenvalue weighted by Crippen LogP contribution is -2.12. The van der Waals surface area contributed by atoms with E-state index in [0.717, 1.165) is 0 Å². The Labute approximate surface area is 92.7 Å². The van der Waals surface area contributed by atoms with Gasteiger partial charge in [-0.1, -0.05) is 36.4 Å². The van der Waals surface area contributed by atoms with Gasteiger partial charge in [0.15, 0.2) is 0 Å². The fourth-order valence-electron chi connectivity index (χ4n) is 1.84. The molecule has 2 rings (SSSR count). The van der Waals surface area contributed by atoms with Crippen LogP contribution in [0.15, 0.2) is 54.6 Å². The molecule has 0 saturated carbocycles. The molecular weight excluding hydrogens is 199 g/mol. The van der Waals surface area contributed by atoms with Gasteiger partial charge in [-0.05, 0) is 30.7 Å². The Kier molecular flexibility index (Phi) is 3.18. The van der Waals surface area contributed by atoms with Crippen LogP contribution in [0.5, 0.6) is 0 Å². The molecule has 1 heteroatoms. The van der Waals surface area contributed by atoms with E-state index in [1.54, 1.807) is 0 Å². The molecule has 0 heterocycles. The molecule has 0 spiro atoms. The van der Waals surface area contributed by atoms with E-state index < -0.39 is 7.92 Å². The molecule has 0 bridgehead atoms. The molecule has 15 heavy (non-hydrogen) atoms. The van der Waals surface area contributed by atoms with Crippen LogP contribution >= 0.6 is 7.92 Å². The average Bonchev–Trinajstić information content (AvgIpc) is 2.30. The summed E-state index contributed by atoms with van der Waals surface area (Å²) in [7, 11) is -0.575. The molecule has 0 nitrogen and oxygen atoms in total. The van der Waals surface area contributed by atoms with E-state index in [2.05, 4.69) is 68.2 Å². The number of hydrogen-bond donors (Lipinski definition) is 0. The van der Waals surface area contributed by atoms with Crippen molar-refractivity contribution in [2.24, 2.45) is 0 Å². The van der Waals surface area contributed by atoms with Gasteiger partial charge in [0.25, 0.3) is 0 Å². The summed E-state index contributed by atoms with van der Waals surface area (Å²) in [5, 5.41) is 3.01. The highest BCUT2D eigenvalue weighted by Crippen LogP contribution is 2.29. The molecule has 0 aliphatic carbocycles. The first-order valence-electron chi connectivity index (χ1n) is 5.24. The highest BCUT2D eigenvalue weighted by Gasteiger charge is 2.17. The van der Waals surface area contributed by atoms with Crippen molar-refractivity contribution in [3.8, 4) is 0 Å². The Hall–Kier alpha value is -1.13. The first-order valence-corrected chi connectivity index (χ1v) is 7.24. The van der Waals surface area contributed by atoms with Crippen LogP contribution < -0.4 is 10.6 Å². The van der Waals surface area contributed by atoms with E-state index in [1.807, 2.05) is 0 Å². The minimum atomic E-state index is -0.575. The van der Waals surface area contributed by atoms with E-state index in [9.17, 15) is 0 Å². The second-order valence-corrected chi connectivity index (χ2v) is 6.17. The summed E-state index contributed by atoms with van der Waals surface area (Å²) in [5.41, 5.74) is 1.41. The maximum atomic E-state index is 2.36. The molecular formula is C14H16P+. The van der Waals surface area contributed by atoms with Gasteiger partial charge < -0.3 is 0 Å². The SMILES string of the molecule is Cc1ccccc1[PH+](C)c1ccccc1. The van der Waals surface area contributed by atoms with Crippen LogP contribution in [0.3, 0.4) is 0 Å². The molecule has 2 aromatic rings. The second kappa shape index (κ2) is 4.59. The fourth-order valence-corrected chi connectivity index (χ4v) is 3.86. The van der Waals surface area contributed by atoms with Crippen molar-refractivity contribution in [1.29, 1.82) is 0 Å². The van der Waals surface area contributed by atoms with Crippen LogP contribution in [0, 0.1) is 6.92 Å². The second-order valence-electron chi connectivity index (χ2n) is 3.81. The predicted octanol–water partition coefficient (Wildman–Crippen LogP) is 2.79. The van der Waals surface area contributed by atoms with Crippen molar-refractivity contribution < 1.29 is 0 Å². The Bertz CT molecular complexity index is 434. The molecule has 0 aliphatic rings. The summed E-state index contributed by atoms with van der Waals surface area (Å²) in [4.78, 5) is 0. The molecule has 0 radical (unpaired) electrons. The van der Waals surface area contributed by atoms with Crippen molar-refractivity contribution in [1.82, 2.24) is 0 Å². The van der Waals surface area contributed by atoms with Crippen molar-refractivity contribution >= 4 is 18.5 Å². The molecule has 0 amide bonds. The third kappa shape index (κ3) is 2.27.